The number of rotatable bonds is 8. The zero-order valence-electron chi connectivity index (χ0n) is 12.3. The van der Waals surface area contributed by atoms with Gasteiger partial charge in [-0.1, -0.05) is 24.5 Å². The van der Waals surface area contributed by atoms with Crippen LogP contribution in [0.3, 0.4) is 0 Å². The molecule has 0 atom stereocenters. The quantitative estimate of drug-likeness (QED) is 0.740. The van der Waals surface area contributed by atoms with Crippen molar-refractivity contribution < 1.29 is 4.74 Å². The van der Waals surface area contributed by atoms with Crippen LogP contribution in [0.2, 0.25) is 0 Å². The highest BCUT2D eigenvalue weighted by Gasteiger charge is 2.20. The van der Waals surface area contributed by atoms with Crippen LogP contribution >= 0.6 is 0 Å². The highest BCUT2D eigenvalue weighted by Crippen LogP contribution is 2.23. The maximum absolute atomic E-state index is 5.79. The van der Waals surface area contributed by atoms with E-state index in [9.17, 15) is 0 Å². The molecule has 1 N–H and O–H groups in total. The lowest BCUT2D eigenvalue weighted by molar-refractivity contribution is 0.0779. The van der Waals surface area contributed by atoms with Crippen molar-refractivity contribution in [1.82, 2.24) is 20.3 Å². The van der Waals surface area contributed by atoms with E-state index in [2.05, 4.69) is 15.6 Å². The molecule has 5 nitrogen and oxygen atoms in total. The molecule has 5 heteroatoms. The van der Waals surface area contributed by atoms with Crippen LogP contribution in [0.5, 0.6) is 0 Å². The first-order valence-electron chi connectivity index (χ1n) is 8.10. The first-order valence-corrected chi connectivity index (χ1v) is 8.10. The van der Waals surface area contributed by atoms with Gasteiger partial charge in [-0.05, 0) is 31.6 Å². The Labute approximate surface area is 121 Å². The summed E-state index contributed by atoms with van der Waals surface area (Å²) in [6.45, 7) is 3.32. The summed E-state index contributed by atoms with van der Waals surface area (Å²) in [5.41, 5.74) is 1.03. The highest BCUT2D eigenvalue weighted by atomic mass is 16.5. The van der Waals surface area contributed by atoms with Gasteiger partial charge in [0.2, 0.25) is 0 Å². The molecule has 1 aromatic heterocycles. The second kappa shape index (κ2) is 7.18. The Bertz CT molecular complexity index is 396. The van der Waals surface area contributed by atoms with Gasteiger partial charge in [0.05, 0.1) is 18.8 Å². The minimum atomic E-state index is 0.721. The van der Waals surface area contributed by atoms with Crippen molar-refractivity contribution in [3.8, 4) is 0 Å². The summed E-state index contributed by atoms with van der Waals surface area (Å²) >= 11 is 0. The van der Waals surface area contributed by atoms with Gasteiger partial charge in [0, 0.05) is 25.4 Å². The van der Waals surface area contributed by atoms with Crippen molar-refractivity contribution in [3.63, 3.8) is 0 Å². The summed E-state index contributed by atoms with van der Waals surface area (Å²) in [6, 6.07) is 0.721. The maximum atomic E-state index is 5.79. The molecule has 1 aromatic rings. The minimum absolute atomic E-state index is 0.721. The normalized spacial score (nSPS) is 20.4. The standard InChI is InChI=1S/C15H26N4O/c1-2-4-13(5-3-1)12-20-9-8-19-11-15(17-18-19)10-16-14-6-7-14/h11,13-14,16H,1-10,12H2. The van der Waals surface area contributed by atoms with Crippen molar-refractivity contribution in [2.24, 2.45) is 5.92 Å². The van der Waals surface area contributed by atoms with E-state index in [0.29, 0.717) is 0 Å². The average Bonchev–Trinajstić information content (AvgIpc) is 3.21. The lowest BCUT2D eigenvalue weighted by atomic mass is 9.90. The summed E-state index contributed by atoms with van der Waals surface area (Å²) in [5, 5.41) is 11.8. The van der Waals surface area contributed by atoms with E-state index in [-0.39, 0.29) is 0 Å². The lowest BCUT2D eigenvalue weighted by Crippen LogP contribution is -2.16. The van der Waals surface area contributed by atoms with Gasteiger partial charge in [-0.25, -0.2) is 4.68 Å². The SMILES string of the molecule is c1c(CNC2CC2)nnn1CCOCC1CCCCC1. The average molecular weight is 278 g/mol. The topological polar surface area (TPSA) is 52.0 Å². The molecule has 2 aliphatic carbocycles. The van der Waals surface area contributed by atoms with E-state index in [1.807, 2.05) is 10.9 Å². The summed E-state index contributed by atoms with van der Waals surface area (Å²) in [4.78, 5) is 0. The fourth-order valence-corrected chi connectivity index (χ4v) is 2.83. The number of hydrogen-bond donors (Lipinski definition) is 1. The number of aromatic nitrogens is 3. The van der Waals surface area contributed by atoms with Gasteiger partial charge < -0.3 is 10.1 Å². The third-order valence-electron chi connectivity index (χ3n) is 4.28. The fourth-order valence-electron chi connectivity index (χ4n) is 2.83. The Morgan fingerprint density at radius 1 is 1.20 bits per heavy atom. The van der Waals surface area contributed by atoms with Crippen molar-refractivity contribution in [2.75, 3.05) is 13.2 Å². The van der Waals surface area contributed by atoms with Crippen LogP contribution in [-0.4, -0.2) is 34.2 Å². The maximum Gasteiger partial charge on any atom is 0.0964 e. The van der Waals surface area contributed by atoms with Crippen LogP contribution in [-0.2, 0) is 17.8 Å². The summed E-state index contributed by atoms with van der Waals surface area (Å²) in [6.07, 6.45) is 11.5. The third kappa shape index (κ3) is 4.56. The smallest absolute Gasteiger partial charge is 0.0964 e. The Hall–Kier alpha value is -0.940. The molecule has 2 fully saturated rings. The predicted molar refractivity (Wildman–Crippen MR) is 77.3 cm³/mol. The summed E-state index contributed by atoms with van der Waals surface area (Å²) < 4.78 is 7.68. The molecular weight excluding hydrogens is 252 g/mol. The van der Waals surface area contributed by atoms with Gasteiger partial charge in [0.25, 0.3) is 0 Å². The number of ether oxygens (including phenoxy) is 1. The van der Waals surface area contributed by atoms with Gasteiger partial charge in [0.15, 0.2) is 0 Å². The molecule has 112 valence electrons. The molecular formula is C15H26N4O. The van der Waals surface area contributed by atoms with Crippen molar-refractivity contribution in [2.45, 2.75) is 64.1 Å². The summed E-state index contributed by atoms with van der Waals surface area (Å²) in [7, 11) is 0. The molecule has 0 spiro atoms. The molecule has 0 unspecified atom stereocenters. The van der Waals surface area contributed by atoms with E-state index in [1.54, 1.807) is 0 Å². The van der Waals surface area contributed by atoms with E-state index in [1.165, 1.54) is 44.9 Å². The van der Waals surface area contributed by atoms with Crippen LogP contribution in [0.1, 0.15) is 50.6 Å². The Balaban J connectivity index is 1.29. The monoisotopic (exact) mass is 278 g/mol. The number of hydrogen-bond acceptors (Lipinski definition) is 4. The van der Waals surface area contributed by atoms with Crippen molar-refractivity contribution >= 4 is 0 Å². The molecule has 20 heavy (non-hydrogen) atoms. The predicted octanol–water partition coefficient (Wildman–Crippen LogP) is 2.13. The van der Waals surface area contributed by atoms with Gasteiger partial charge >= 0.3 is 0 Å². The lowest BCUT2D eigenvalue weighted by Gasteiger charge is -2.21. The van der Waals surface area contributed by atoms with Crippen LogP contribution in [0.25, 0.3) is 0 Å². The third-order valence-corrected chi connectivity index (χ3v) is 4.28. The number of nitrogens with one attached hydrogen (secondary N) is 1. The van der Waals surface area contributed by atoms with Crippen molar-refractivity contribution in [3.05, 3.63) is 11.9 Å². The zero-order valence-corrected chi connectivity index (χ0v) is 12.3. The summed E-state index contributed by atoms with van der Waals surface area (Å²) in [5.74, 6) is 0.790. The Kier molecular flexibility index (Phi) is 5.03. The van der Waals surface area contributed by atoms with Gasteiger partial charge in [-0.15, -0.1) is 5.10 Å². The molecule has 0 aromatic carbocycles. The molecule has 0 bridgehead atoms. The van der Waals surface area contributed by atoms with Crippen LogP contribution in [0.4, 0.5) is 0 Å². The highest BCUT2D eigenvalue weighted by molar-refractivity contribution is 4.94. The fraction of sp³-hybridized carbons (Fsp3) is 0.867. The van der Waals surface area contributed by atoms with Gasteiger partial charge in [0.1, 0.15) is 0 Å². The molecule has 3 rings (SSSR count). The molecule has 0 radical (unpaired) electrons. The van der Waals surface area contributed by atoms with Crippen LogP contribution in [0, 0.1) is 5.92 Å². The second-order valence-corrected chi connectivity index (χ2v) is 6.21. The minimum Gasteiger partial charge on any atom is -0.379 e. The van der Waals surface area contributed by atoms with Gasteiger partial charge in [-0.3, -0.25) is 0 Å². The Morgan fingerprint density at radius 3 is 2.85 bits per heavy atom. The molecule has 0 aliphatic heterocycles. The van der Waals surface area contributed by atoms with E-state index >= 15 is 0 Å². The van der Waals surface area contributed by atoms with E-state index < -0.39 is 0 Å². The molecule has 0 saturated heterocycles. The van der Waals surface area contributed by atoms with E-state index in [0.717, 1.165) is 44.0 Å². The van der Waals surface area contributed by atoms with Crippen LogP contribution in [0.15, 0.2) is 6.20 Å². The first-order chi connectivity index (χ1) is 9.90. The van der Waals surface area contributed by atoms with E-state index in [4.69, 9.17) is 4.74 Å². The molecule has 2 aliphatic rings. The first kappa shape index (κ1) is 14.0. The molecule has 0 amide bonds. The number of nitrogens with zero attached hydrogens (tertiary/aromatic N) is 3. The second-order valence-electron chi connectivity index (χ2n) is 6.21. The molecule has 1 heterocycles. The zero-order chi connectivity index (χ0) is 13.6. The van der Waals surface area contributed by atoms with Crippen LogP contribution < -0.4 is 5.32 Å². The Morgan fingerprint density at radius 2 is 2.05 bits per heavy atom. The molecule has 2 saturated carbocycles. The van der Waals surface area contributed by atoms with Gasteiger partial charge in [-0.2, -0.15) is 0 Å². The largest absolute Gasteiger partial charge is 0.379 e. The van der Waals surface area contributed by atoms with Crippen molar-refractivity contribution in [1.29, 1.82) is 0 Å².